The van der Waals surface area contributed by atoms with Crippen LogP contribution in [-0.4, -0.2) is 43.7 Å². The lowest BCUT2D eigenvalue weighted by Crippen LogP contribution is -2.26. The quantitative estimate of drug-likeness (QED) is 0.684. The first-order valence-corrected chi connectivity index (χ1v) is 6.86. The number of halogens is 1. The molecule has 2 N–H and O–H groups in total. The normalized spacial score (nSPS) is 12.7. The second-order valence-corrected chi connectivity index (χ2v) is 4.99. The van der Waals surface area contributed by atoms with Crippen molar-refractivity contribution in [2.75, 3.05) is 31.7 Å². The molecule has 0 bridgehead atoms. The summed E-state index contributed by atoms with van der Waals surface area (Å²) in [6.45, 7) is 7.33. The zero-order chi connectivity index (χ0) is 15.0. The Hall–Kier alpha value is -1.17. The van der Waals surface area contributed by atoms with Gasteiger partial charge in [-0.25, -0.2) is 4.39 Å². The zero-order valence-corrected chi connectivity index (χ0v) is 12.4. The Morgan fingerprint density at radius 2 is 2.05 bits per heavy atom. The molecule has 1 atom stereocenters. The van der Waals surface area contributed by atoms with Crippen molar-refractivity contribution in [2.24, 2.45) is 0 Å². The standard InChI is InChI=1S/C15H24FNO3/c1-11(2)20-7-6-19-10-14(18)9-17-15-5-4-13(16)8-12(15)3/h4-5,8,11,14,17-18H,6-7,9-10H2,1-3H3. The summed E-state index contributed by atoms with van der Waals surface area (Å²) in [5.41, 5.74) is 1.62. The van der Waals surface area contributed by atoms with Crippen LogP contribution in [0.3, 0.4) is 0 Å². The van der Waals surface area contributed by atoms with Gasteiger partial charge in [-0.3, -0.25) is 0 Å². The van der Waals surface area contributed by atoms with Crippen molar-refractivity contribution in [3.63, 3.8) is 0 Å². The molecule has 20 heavy (non-hydrogen) atoms. The molecular weight excluding hydrogens is 261 g/mol. The van der Waals surface area contributed by atoms with Crippen molar-refractivity contribution in [1.29, 1.82) is 0 Å². The van der Waals surface area contributed by atoms with E-state index in [1.165, 1.54) is 12.1 Å². The Morgan fingerprint density at radius 3 is 2.70 bits per heavy atom. The first-order chi connectivity index (χ1) is 9.49. The minimum atomic E-state index is -0.612. The topological polar surface area (TPSA) is 50.7 Å². The van der Waals surface area contributed by atoms with Gasteiger partial charge in [-0.05, 0) is 44.5 Å². The van der Waals surface area contributed by atoms with Crippen molar-refractivity contribution < 1.29 is 19.0 Å². The van der Waals surface area contributed by atoms with Crippen molar-refractivity contribution in [2.45, 2.75) is 33.0 Å². The maximum Gasteiger partial charge on any atom is 0.123 e. The summed E-state index contributed by atoms with van der Waals surface area (Å²) in [6.07, 6.45) is -0.426. The molecule has 1 aromatic rings. The molecule has 1 aromatic carbocycles. The fourth-order valence-corrected chi connectivity index (χ4v) is 1.67. The molecule has 1 unspecified atom stereocenters. The smallest absolute Gasteiger partial charge is 0.123 e. The Morgan fingerprint density at radius 1 is 1.30 bits per heavy atom. The minimum absolute atomic E-state index is 0.187. The number of aliphatic hydroxyl groups excluding tert-OH is 1. The number of benzene rings is 1. The largest absolute Gasteiger partial charge is 0.389 e. The lowest BCUT2D eigenvalue weighted by molar-refractivity contribution is -0.00734. The summed E-state index contributed by atoms with van der Waals surface area (Å²) in [6, 6.07) is 4.50. The summed E-state index contributed by atoms with van der Waals surface area (Å²) in [5.74, 6) is -0.262. The molecule has 0 aliphatic carbocycles. The molecule has 0 saturated carbocycles. The van der Waals surface area contributed by atoms with E-state index in [0.29, 0.717) is 19.8 Å². The van der Waals surface area contributed by atoms with Gasteiger partial charge < -0.3 is 19.9 Å². The van der Waals surface area contributed by atoms with Crippen LogP contribution < -0.4 is 5.32 Å². The highest BCUT2D eigenvalue weighted by Crippen LogP contribution is 2.15. The number of nitrogens with one attached hydrogen (secondary N) is 1. The third-order valence-electron chi connectivity index (χ3n) is 2.71. The SMILES string of the molecule is Cc1cc(F)ccc1NCC(O)COCCOC(C)C. The van der Waals surface area contributed by atoms with Crippen molar-refractivity contribution in [3.05, 3.63) is 29.6 Å². The van der Waals surface area contributed by atoms with Crippen LogP contribution in [0.5, 0.6) is 0 Å². The van der Waals surface area contributed by atoms with Gasteiger partial charge in [-0.15, -0.1) is 0 Å². The highest BCUT2D eigenvalue weighted by Gasteiger charge is 2.06. The predicted octanol–water partition coefficient (Wildman–Crippen LogP) is 2.35. The van der Waals surface area contributed by atoms with Gasteiger partial charge in [-0.2, -0.15) is 0 Å². The number of rotatable bonds is 9. The molecule has 0 aromatic heterocycles. The molecule has 0 heterocycles. The summed E-state index contributed by atoms with van der Waals surface area (Å²) in [5, 5.41) is 12.8. The number of aryl methyl sites for hydroxylation is 1. The van der Waals surface area contributed by atoms with E-state index in [0.717, 1.165) is 11.3 Å². The number of anilines is 1. The summed E-state index contributed by atoms with van der Waals surface area (Å²) in [7, 11) is 0. The Balaban J connectivity index is 2.18. The van der Waals surface area contributed by atoms with E-state index in [2.05, 4.69) is 5.32 Å². The molecule has 0 fully saturated rings. The second-order valence-electron chi connectivity index (χ2n) is 4.99. The molecular formula is C15H24FNO3. The minimum Gasteiger partial charge on any atom is -0.389 e. The van der Waals surface area contributed by atoms with Crippen LogP contribution >= 0.6 is 0 Å². The average molecular weight is 285 g/mol. The van der Waals surface area contributed by atoms with Gasteiger partial charge in [0.25, 0.3) is 0 Å². The number of aliphatic hydroxyl groups is 1. The first-order valence-electron chi connectivity index (χ1n) is 6.86. The monoisotopic (exact) mass is 285 g/mol. The van der Waals surface area contributed by atoms with Gasteiger partial charge in [0.1, 0.15) is 5.82 Å². The first kappa shape index (κ1) is 16.9. The van der Waals surface area contributed by atoms with Crippen molar-refractivity contribution in [1.82, 2.24) is 0 Å². The third-order valence-corrected chi connectivity index (χ3v) is 2.71. The van der Waals surface area contributed by atoms with Crippen LogP contribution in [0.4, 0.5) is 10.1 Å². The summed E-state index contributed by atoms with van der Waals surface area (Å²) in [4.78, 5) is 0. The maximum atomic E-state index is 12.9. The van der Waals surface area contributed by atoms with E-state index in [1.807, 2.05) is 20.8 Å². The summed E-state index contributed by atoms with van der Waals surface area (Å²) < 4.78 is 23.6. The van der Waals surface area contributed by atoms with E-state index in [-0.39, 0.29) is 18.5 Å². The highest BCUT2D eigenvalue weighted by atomic mass is 19.1. The van der Waals surface area contributed by atoms with Gasteiger partial charge in [0, 0.05) is 12.2 Å². The molecule has 4 nitrogen and oxygen atoms in total. The van der Waals surface area contributed by atoms with E-state index in [9.17, 15) is 9.50 Å². The fraction of sp³-hybridized carbons (Fsp3) is 0.600. The summed E-state index contributed by atoms with van der Waals surface area (Å²) >= 11 is 0. The van der Waals surface area contributed by atoms with Crippen LogP contribution in [0.1, 0.15) is 19.4 Å². The molecule has 0 aliphatic rings. The number of ether oxygens (including phenoxy) is 2. The van der Waals surface area contributed by atoms with E-state index < -0.39 is 6.10 Å². The molecule has 114 valence electrons. The van der Waals surface area contributed by atoms with Crippen molar-refractivity contribution in [3.8, 4) is 0 Å². The molecule has 5 heteroatoms. The molecule has 0 spiro atoms. The van der Waals surface area contributed by atoms with Crippen LogP contribution in [0.15, 0.2) is 18.2 Å². The van der Waals surface area contributed by atoms with Gasteiger partial charge in [0.2, 0.25) is 0 Å². The van der Waals surface area contributed by atoms with Gasteiger partial charge in [0.15, 0.2) is 0 Å². The Labute approximate surface area is 119 Å². The Bertz CT molecular complexity index is 399. The zero-order valence-electron chi connectivity index (χ0n) is 12.4. The predicted molar refractivity (Wildman–Crippen MR) is 77.5 cm³/mol. The van der Waals surface area contributed by atoms with E-state index in [4.69, 9.17) is 9.47 Å². The van der Waals surface area contributed by atoms with Gasteiger partial charge >= 0.3 is 0 Å². The lowest BCUT2D eigenvalue weighted by Gasteiger charge is -2.15. The van der Waals surface area contributed by atoms with Crippen LogP contribution in [0, 0.1) is 12.7 Å². The van der Waals surface area contributed by atoms with E-state index in [1.54, 1.807) is 6.07 Å². The van der Waals surface area contributed by atoms with Crippen LogP contribution in [0.2, 0.25) is 0 Å². The van der Waals surface area contributed by atoms with Crippen molar-refractivity contribution >= 4 is 5.69 Å². The van der Waals surface area contributed by atoms with E-state index >= 15 is 0 Å². The van der Waals surface area contributed by atoms with Gasteiger partial charge in [-0.1, -0.05) is 0 Å². The molecule has 0 aliphatic heterocycles. The molecule has 0 saturated heterocycles. The highest BCUT2D eigenvalue weighted by molar-refractivity contribution is 5.50. The number of hydrogen-bond acceptors (Lipinski definition) is 4. The lowest BCUT2D eigenvalue weighted by atomic mass is 10.2. The maximum absolute atomic E-state index is 12.9. The molecule has 1 rings (SSSR count). The van der Waals surface area contributed by atoms with Gasteiger partial charge in [0.05, 0.1) is 32.0 Å². The Kier molecular flexibility index (Phi) is 7.51. The van der Waals surface area contributed by atoms with Crippen LogP contribution in [-0.2, 0) is 9.47 Å². The molecule has 0 amide bonds. The van der Waals surface area contributed by atoms with Crippen LogP contribution in [0.25, 0.3) is 0 Å². The second kappa shape index (κ2) is 8.89. The molecule has 0 radical (unpaired) electrons. The number of hydrogen-bond donors (Lipinski definition) is 2. The third kappa shape index (κ3) is 6.84. The average Bonchev–Trinajstić information content (AvgIpc) is 2.37. The fourth-order valence-electron chi connectivity index (χ4n) is 1.67.